The number of likely N-dealkylation sites (N-methyl/N-ethyl adjacent to an activating group) is 1. The second-order valence-electron chi connectivity index (χ2n) is 4.66. The van der Waals surface area contributed by atoms with Crippen LogP contribution in [0, 0.1) is 0 Å². The van der Waals surface area contributed by atoms with E-state index in [0.29, 0.717) is 18.3 Å². The molecule has 6 nitrogen and oxygen atoms in total. The lowest BCUT2D eigenvalue weighted by molar-refractivity contribution is -0.117. The van der Waals surface area contributed by atoms with Gasteiger partial charge in [0.05, 0.1) is 5.69 Å². The zero-order chi connectivity index (χ0) is 13.9. The smallest absolute Gasteiger partial charge is 0.295 e. The second-order valence-corrected chi connectivity index (χ2v) is 5.75. The molecule has 1 amide bonds. The molecule has 20 heavy (non-hydrogen) atoms. The number of carbonyl (C=O) groups excluding carboxylic acids is 1. The van der Waals surface area contributed by atoms with Crippen LogP contribution in [0.4, 0.5) is 5.13 Å². The molecule has 0 aromatic carbocycles. The number of fused-ring (bicyclic) bond motifs is 1. The normalized spacial score (nSPS) is 18.6. The predicted octanol–water partition coefficient (Wildman–Crippen LogP) is 1.35. The van der Waals surface area contributed by atoms with Gasteiger partial charge in [-0.05, 0) is 6.54 Å². The Morgan fingerprint density at radius 3 is 3.20 bits per heavy atom. The maximum atomic E-state index is 12.0. The molecule has 2 aliphatic heterocycles. The Kier molecular flexibility index (Phi) is 3.88. The van der Waals surface area contributed by atoms with Crippen LogP contribution in [-0.4, -0.2) is 42.1 Å². The molecule has 0 bridgehead atoms. The third-order valence-electron chi connectivity index (χ3n) is 3.35. The zero-order valence-electron chi connectivity index (χ0n) is 11.3. The van der Waals surface area contributed by atoms with Gasteiger partial charge in [0, 0.05) is 24.4 Å². The number of thiazole rings is 1. The molecule has 7 heteroatoms. The number of nitrogens with zero attached hydrogens (tertiary/aromatic N) is 2. The molecule has 0 spiro atoms. The number of amides is 1. The first-order valence-electron chi connectivity index (χ1n) is 6.73. The van der Waals surface area contributed by atoms with E-state index in [1.165, 1.54) is 22.5 Å². The Morgan fingerprint density at radius 1 is 1.55 bits per heavy atom. The highest BCUT2D eigenvalue weighted by atomic mass is 32.1. The minimum absolute atomic E-state index is 0.208. The summed E-state index contributed by atoms with van der Waals surface area (Å²) in [6, 6.07) is 0. The molecule has 1 aromatic heterocycles. The van der Waals surface area contributed by atoms with Crippen molar-refractivity contribution in [3.63, 3.8) is 0 Å². The Hall–Kier alpha value is -1.60. The topological polar surface area (TPSA) is 63.7 Å². The second kappa shape index (κ2) is 5.80. The van der Waals surface area contributed by atoms with Crippen molar-refractivity contribution in [2.45, 2.75) is 19.9 Å². The van der Waals surface area contributed by atoms with Crippen LogP contribution >= 0.6 is 11.3 Å². The fourth-order valence-corrected chi connectivity index (χ4v) is 3.26. The molecule has 3 heterocycles. The van der Waals surface area contributed by atoms with Crippen LogP contribution < -0.4 is 5.32 Å². The molecule has 1 aromatic rings. The largest absolute Gasteiger partial charge is 0.494 e. The number of nitrogens with one attached hydrogen (secondary N) is 1. The Labute approximate surface area is 121 Å². The quantitative estimate of drug-likeness (QED) is 0.912. The molecule has 3 rings (SSSR count). The van der Waals surface area contributed by atoms with E-state index >= 15 is 0 Å². The van der Waals surface area contributed by atoms with Crippen LogP contribution in [0.5, 0.6) is 0 Å². The maximum absolute atomic E-state index is 12.0. The third-order valence-corrected chi connectivity index (χ3v) is 4.35. The van der Waals surface area contributed by atoms with Gasteiger partial charge in [-0.25, -0.2) is 4.98 Å². The molecular weight excluding hydrogens is 278 g/mol. The zero-order valence-corrected chi connectivity index (χ0v) is 12.2. The summed E-state index contributed by atoms with van der Waals surface area (Å²) in [5.41, 5.74) is 1.10. The Balaban J connectivity index is 1.68. The first-order chi connectivity index (χ1) is 9.76. The van der Waals surface area contributed by atoms with Gasteiger partial charge in [-0.15, -0.1) is 11.3 Å². The number of hydrogen-bond donors (Lipinski definition) is 1. The number of hydrogen-bond acceptors (Lipinski definition) is 6. The van der Waals surface area contributed by atoms with E-state index in [1.807, 2.05) is 0 Å². The minimum atomic E-state index is -0.303. The van der Waals surface area contributed by atoms with Crippen LogP contribution in [0.3, 0.4) is 0 Å². The predicted molar refractivity (Wildman–Crippen MR) is 75.4 cm³/mol. The van der Waals surface area contributed by atoms with Gasteiger partial charge in [0.15, 0.2) is 5.13 Å². The first kappa shape index (κ1) is 13.4. The number of aromatic nitrogens is 1. The van der Waals surface area contributed by atoms with Crippen molar-refractivity contribution >= 4 is 22.4 Å². The Bertz CT molecular complexity index is 541. The van der Waals surface area contributed by atoms with E-state index in [0.717, 1.165) is 31.7 Å². The van der Waals surface area contributed by atoms with Crippen molar-refractivity contribution in [1.29, 1.82) is 0 Å². The van der Waals surface area contributed by atoms with Crippen molar-refractivity contribution < 1.29 is 14.3 Å². The third kappa shape index (κ3) is 2.78. The van der Waals surface area contributed by atoms with Crippen molar-refractivity contribution in [1.82, 2.24) is 9.88 Å². The van der Waals surface area contributed by atoms with Crippen LogP contribution in [0.15, 0.2) is 12.0 Å². The van der Waals surface area contributed by atoms with Gasteiger partial charge < -0.3 is 9.47 Å². The number of rotatable bonds is 3. The van der Waals surface area contributed by atoms with Crippen LogP contribution in [0.2, 0.25) is 0 Å². The van der Waals surface area contributed by atoms with E-state index < -0.39 is 0 Å². The summed E-state index contributed by atoms with van der Waals surface area (Å²) in [6.07, 6.45) is 2.29. The van der Waals surface area contributed by atoms with E-state index in [2.05, 4.69) is 22.1 Å². The van der Waals surface area contributed by atoms with Gasteiger partial charge in [0.1, 0.15) is 19.5 Å². The first-order valence-corrected chi connectivity index (χ1v) is 7.54. The molecule has 108 valence electrons. The lowest BCUT2D eigenvalue weighted by Gasteiger charge is -2.23. The molecular formula is C13H17N3O3S. The summed E-state index contributed by atoms with van der Waals surface area (Å²) in [4.78, 5) is 20.1. The summed E-state index contributed by atoms with van der Waals surface area (Å²) >= 11 is 1.54. The van der Waals surface area contributed by atoms with Gasteiger partial charge in [-0.2, -0.15) is 0 Å². The molecule has 0 fully saturated rings. The van der Waals surface area contributed by atoms with E-state index in [1.54, 1.807) is 0 Å². The maximum Gasteiger partial charge on any atom is 0.295 e. The van der Waals surface area contributed by atoms with E-state index in [9.17, 15) is 4.79 Å². The lowest BCUT2D eigenvalue weighted by atomic mass is 10.2. The lowest BCUT2D eigenvalue weighted by Crippen LogP contribution is -2.29. The van der Waals surface area contributed by atoms with Crippen molar-refractivity contribution in [3.05, 3.63) is 22.6 Å². The fraction of sp³-hybridized carbons (Fsp3) is 0.538. The number of carbonyl (C=O) groups is 1. The molecule has 0 radical (unpaired) electrons. The SMILES string of the molecule is CCN1CCc2nc(NC(=O)C3=COCCO3)sc2C1. The molecule has 0 saturated carbocycles. The summed E-state index contributed by atoms with van der Waals surface area (Å²) < 4.78 is 10.3. The van der Waals surface area contributed by atoms with Crippen molar-refractivity contribution in [2.75, 3.05) is 31.6 Å². The van der Waals surface area contributed by atoms with Crippen molar-refractivity contribution in [3.8, 4) is 0 Å². The van der Waals surface area contributed by atoms with Gasteiger partial charge >= 0.3 is 0 Å². The molecule has 0 aliphatic carbocycles. The van der Waals surface area contributed by atoms with Crippen LogP contribution in [0.25, 0.3) is 0 Å². The van der Waals surface area contributed by atoms with Gasteiger partial charge in [0.25, 0.3) is 5.91 Å². The number of ether oxygens (including phenoxy) is 2. The van der Waals surface area contributed by atoms with Gasteiger partial charge in [-0.3, -0.25) is 15.0 Å². The summed E-state index contributed by atoms with van der Waals surface area (Å²) in [7, 11) is 0. The molecule has 0 unspecified atom stereocenters. The molecule has 1 N–H and O–H groups in total. The van der Waals surface area contributed by atoms with E-state index in [4.69, 9.17) is 9.47 Å². The fourth-order valence-electron chi connectivity index (χ4n) is 2.22. The van der Waals surface area contributed by atoms with E-state index in [-0.39, 0.29) is 11.7 Å². The van der Waals surface area contributed by atoms with Crippen molar-refractivity contribution in [2.24, 2.45) is 0 Å². The highest BCUT2D eigenvalue weighted by Crippen LogP contribution is 2.28. The molecule has 0 saturated heterocycles. The standard InChI is InChI=1S/C13H17N3O3S/c1-2-16-4-3-9-11(7-16)20-13(14-9)15-12(17)10-8-18-5-6-19-10/h8H,2-7H2,1H3,(H,14,15,17). The highest BCUT2D eigenvalue weighted by Gasteiger charge is 2.22. The minimum Gasteiger partial charge on any atom is -0.494 e. The molecule has 2 aliphatic rings. The monoisotopic (exact) mass is 295 g/mol. The molecule has 0 atom stereocenters. The average molecular weight is 295 g/mol. The summed E-state index contributed by atoms with van der Waals surface area (Å²) in [5.74, 6) is -0.0947. The Morgan fingerprint density at radius 2 is 2.45 bits per heavy atom. The van der Waals surface area contributed by atoms with Crippen LogP contribution in [-0.2, 0) is 27.2 Å². The van der Waals surface area contributed by atoms with Gasteiger partial charge in [0.2, 0.25) is 5.76 Å². The average Bonchev–Trinajstić information content (AvgIpc) is 2.89. The van der Waals surface area contributed by atoms with Crippen LogP contribution in [0.1, 0.15) is 17.5 Å². The highest BCUT2D eigenvalue weighted by molar-refractivity contribution is 7.15. The number of anilines is 1. The summed E-state index contributed by atoms with van der Waals surface area (Å²) in [5, 5.41) is 3.41. The van der Waals surface area contributed by atoms with Gasteiger partial charge in [-0.1, -0.05) is 6.92 Å². The summed E-state index contributed by atoms with van der Waals surface area (Å²) in [6.45, 7) is 6.03.